The maximum atomic E-state index is 8.10. The first kappa shape index (κ1) is 27.3. The lowest BCUT2D eigenvalue weighted by atomic mass is 10.2. The molecule has 0 fully saturated rings. The predicted octanol–water partition coefficient (Wildman–Crippen LogP) is 2.61. The molecule has 1 aromatic carbocycles. The first-order valence-electron chi connectivity index (χ1n) is 10.5. The van der Waals surface area contributed by atoms with E-state index in [4.69, 9.17) is 38.7 Å². The average Bonchev–Trinajstić information content (AvgIpc) is 2.80. The van der Waals surface area contributed by atoms with E-state index < -0.39 is 0 Å². The lowest BCUT2D eigenvalue weighted by molar-refractivity contribution is -0.0209. The molecule has 0 bridgehead atoms. The Bertz CT molecular complexity index is 545. The number of ether oxygens (including phenoxy) is 7. The second-order valence-electron chi connectivity index (χ2n) is 6.17. The highest BCUT2D eigenvalue weighted by atomic mass is 16.6. The lowest BCUT2D eigenvalue weighted by Crippen LogP contribution is -2.14. The van der Waals surface area contributed by atoms with Gasteiger partial charge in [-0.1, -0.05) is 35.4 Å². The summed E-state index contributed by atoms with van der Waals surface area (Å²) in [5.74, 6) is 0. The maximum absolute atomic E-state index is 8.10. The van der Waals surface area contributed by atoms with Gasteiger partial charge in [-0.2, -0.15) is 0 Å². The molecule has 10 nitrogen and oxygen atoms in total. The van der Waals surface area contributed by atoms with E-state index >= 15 is 0 Å². The number of azide groups is 1. The summed E-state index contributed by atoms with van der Waals surface area (Å²) in [5, 5.41) is 3.36. The van der Waals surface area contributed by atoms with Gasteiger partial charge in [0.25, 0.3) is 0 Å². The zero-order chi connectivity index (χ0) is 22.1. The molecule has 0 aliphatic heterocycles. The molecule has 0 unspecified atom stereocenters. The molecule has 176 valence electrons. The molecule has 1 rings (SSSR count). The van der Waals surface area contributed by atoms with Crippen molar-refractivity contribution in [3.8, 4) is 0 Å². The van der Waals surface area contributed by atoms with Crippen LogP contribution in [0.15, 0.2) is 35.4 Å². The normalized spacial score (nSPS) is 10.8. The summed E-state index contributed by atoms with van der Waals surface area (Å²) in [4.78, 5) is 2.64. The molecule has 31 heavy (non-hydrogen) atoms. The molecule has 0 saturated heterocycles. The Hall–Kier alpha value is -1.75. The quantitative estimate of drug-likeness (QED) is 0.111. The van der Waals surface area contributed by atoms with E-state index in [9.17, 15) is 0 Å². The first-order chi connectivity index (χ1) is 15.4. The van der Waals surface area contributed by atoms with Crippen molar-refractivity contribution in [1.29, 1.82) is 0 Å². The fourth-order valence-corrected chi connectivity index (χ4v) is 2.23. The Labute approximate surface area is 184 Å². The summed E-state index contributed by atoms with van der Waals surface area (Å²) in [5.41, 5.74) is 9.26. The molecule has 0 amide bonds. The van der Waals surface area contributed by atoms with Gasteiger partial charge >= 0.3 is 0 Å². The predicted molar refractivity (Wildman–Crippen MR) is 115 cm³/mol. The topological polar surface area (TPSA) is 113 Å². The zero-order valence-corrected chi connectivity index (χ0v) is 18.2. The molecule has 0 atom stereocenters. The number of nitrogens with zero attached hydrogens (tertiary/aromatic N) is 3. The molecular weight excluding hydrogens is 406 g/mol. The van der Waals surface area contributed by atoms with Crippen LogP contribution in [0.25, 0.3) is 10.4 Å². The van der Waals surface area contributed by atoms with E-state index in [2.05, 4.69) is 10.0 Å². The molecule has 0 aromatic heterocycles. The van der Waals surface area contributed by atoms with Gasteiger partial charge in [-0.3, -0.25) is 0 Å². The van der Waals surface area contributed by atoms with Crippen molar-refractivity contribution in [2.75, 3.05) is 92.4 Å². The summed E-state index contributed by atoms with van der Waals surface area (Å²) in [6, 6.07) is 10.1. The average molecular weight is 442 g/mol. The minimum Gasteiger partial charge on any atom is -0.379 e. The number of rotatable bonds is 23. The summed E-state index contributed by atoms with van der Waals surface area (Å²) in [6.45, 7) is 7.57. The van der Waals surface area contributed by atoms with Crippen molar-refractivity contribution in [3.63, 3.8) is 0 Å². The molecule has 10 heteroatoms. The minimum absolute atomic E-state index is 0.337. The maximum Gasteiger partial charge on any atom is 0.0718 e. The van der Waals surface area contributed by atoms with Crippen LogP contribution >= 0.6 is 0 Å². The molecule has 1 aromatic rings. The molecule has 0 N–H and O–H groups in total. The van der Waals surface area contributed by atoms with Crippen LogP contribution in [0.5, 0.6) is 0 Å². The van der Waals surface area contributed by atoms with E-state index in [0.29, 0.717) is 99.0 Å². The van der Waals surface area contributed by atoms with Crippen LogP contribution in [0.4, 0.5) is 0 Å². The van der Waals surface area contributed by atoms with Gasteiger partial charge in [-0.05, 0) is 11.1 Å². The number of benzene rings is 1. The van der Waals surface area contributed by atoms with Crippen molar-refractivity contribution in [2.24, 2.45) is 5.11 Å². The summed E-state index contributed by atoms with van der Waals surface area (Å²) in [6.07, 6.45) is 0. The molecule has 0 radical (unpaired) electrons. The Balaban J connectivity index is 1.66. The van der Waals surface area contributed by atoms with Crippen LogP contribution in [0.3, 0.4) is 0 Å². The Kier molecular flexibility index (Phi) is 20.2. The van der Waals surface area contributed by atoms with Gasteiger partial charge < -0.3 is 33.2 Å². The van der Waals surface area contributed by atoms with Gasteiger partial charge in [0.05, 0.1) is 92.5 Å². The Morgan fingerprint density at radius 2 is 0.935 bits per heavy atom. The van der Waals surface area contributed by atoms with Crippen LogP contribution < -0.4 is 0 Å². The molecular formula is C21H35N3O7. The van der Waals surface area contributed by atoms with E-state index in [1.807, 2.05) is 30.3 Å². The van der Waals surface area contributed by atoms with E-state index in [-0.39, 0.29) is 0 Å². The molecule has 0 aliphatic carbocycles. The summed E-state index contributed by atoms with van der Waals surface area (Å²) < 4.78 is 37.8. The highest BCUT2D eigenvalue weighted by molar-refractivity contribution is 5.13. The fourth-order valence-electron chi connectivity index (χ4n) is 2.23. The van der Waals surface area contributed by atoms with Gasteiger partial charge in [-0.15, -0.1) is 0 Å². The van der Waals surface area contributed by atoms with Crippen LogP contribution in [0, 0.1) is 0 Å². The Morgan fingerprint density at radius 3 is 1.35 bits per heavy atom. The van der Waals surface area contributed by atoms with Crippen molar-refractivity contribution in [3.05, 3.63) is 46.3 Å². The largest absolute Gasteiger partial charge is 0.379 e. The van der Waals surface area contributed by atoms with Gasteiger partial charge in [0.1, 0.15) is 0 Å². The third-order valence-electron chi connectivity index (χ3n) is 3.74. The number of hydrogen-bond donors (Lipinski definition) is 0. The zero-order valence-electron chi connectivity index (χ0n) is 18.2. The standard InChI is InChI=1S/C21H35N3O7/c22-24-23-6-7-25-8-9-26-10-11-27-12-13-28-14-15-29-16-17-30-18-19-31-20-21-4-2-1-3-5-21/h1-5H,6-20H2. The fraction of sp³-hybridized carbons (Fsp3) is 0.714. The smallest absolute Gasteiger partial charge is 0.0718 e. The molecule has 0 heterocycles. The monoisotopic (exact) mass is 441 g/mol. The van der Waals surface area contributed by atoms with E-state index in [0.717, 1.165) is 5.56 Å². The van der Waals surface area contributed by atoms with Crippen molar-refractivity contribution in [2.45, 2.75) is 6.61 Å². The minimum atomic E-state index is 0.337. The Morgan fingerprint density at radius 1 is 0.548 bits per heavy atom. The first-order valence-corrected chi connectivity index (χ1v) is 10.5. The lowest BCUT2D eigenvalue weighted by Gasteiger charge is -2.08. The van der Waals surface area contributed by atoms with Crippen LogP contribution in [0.1, 0.15) is 5.56 Å². The highest BCUT2D eigenvalue weighted by Crippen LogP contribution is 1.99. The SMILES string of the molecule is [N-]=[N+]=NCCOCCOCCOCCOCCOCCOCCOCc1ccccc1. The second kappa shape index (κ2) is 22.9. The van der Waals surface area contributed by atoms with Crippen molar-refractivity contribution < 1.29 is 33.2 Å². The number of hydrogen-bond acceptors (Lipinski definition) is 8. The van der Waals surface area contributed by atoms with Gasteiger partial charge in [0, 0.05) is 11.5 Å². The van der Waals surface area contributed by atoms with Gasteiger partial charge in [0.15, 0.2) is 0 Å². The summed E-state index contributed by atoms with van der Waals surface area (Å²) >= 11 is 0. The van der Waals surface area contributed by atoms with E-state index in [1.54, 1.807) is 0 Å². The molecule has 0 spiro atoms. The van der Waals surface area contributed by atoms with Crippen LogP contribution in [0.2, 0.25) is 0 Å². The van der Waals surface area contributed by atoms with Crippen LogP contribution in [-0.2, 0) is 39.8 Å². The highest BCUT2D eigenvalue weighted by Gasteiger charge is 1.95. The molecule has 0 aliphatic rings. The van der Waals surface area contributed by atoms with Crippen molar-refractivity contribution in [1.82, 2.24) is 0 Å². The third kappa shape index (κ3) is 19.9. The third-order valence-corrected chi connectivity index (χ3v) is 3.74. The van der Waals surface area contributed by atoms with Crippen LogP contribution in [-0.4, -0.2) is 92.4 Å². The second-order valence-corrected chi connectivity index (χ2v) is 6.17. The van der Waals surface area contributed by atoms with Crippen molar-refractivity contribution >= 4 is 0 Å². The van der Waals surface area contributed by atoms with E-state index in [1.165, 1.54) is 0 Å². The summed E-state index contributed by atoms with van der Waals surface area (Å²) in [7, 11) is 0. The molecule has 0 saturated carbocycles. The van der Waals surface area contributed by atoms with Gasteiger partial charge in [0.2, 0.25) is 0 Å². The van der Waals surface area contributed by atoms with Gasteiger partial charge in [-0.25, -0.2) is 0 Å².